The summed E-state index contributed by atoms with van der Waals surface area (Å²) in [5.74, 6) is -1.45. The minimum atomic E-state index is -0.973. The summed E-state index contributed by atoms with van der Waals surface area (Å²) in [5, 5.41) is 14.9. The van der Waals surface area contributed by atoms with Crippen LogP contribution in [0, 0.1) is 5.41 Å². The highest BCUT2D eigenvalue weighted by atomic mass is 16.4. The molecule has 3 N–H and O–H groups in total. The zero-order chi connectivity index (χ0) is 17.6. The van der Waals surface area contributed by atoms with Gasteiger partial charge in [-0.05, 0) is 31.0 Å². The van der Waals surface area contributed by atoms with Crippen LogP contribution in [0.5, 0.6) is 0 Å². The number of hydrogen-bond acceptors (Lipinski definition) is 3. The van der Waals surface area contributed by atoms with E-state index in [0.29, 0.717) is 24.1 Å². The molecule has 0 aliphatic heterocycles. The first-order valence-corrected chi connectivity index (χ1v) is 8.32. The molecule has 6 nitrogen and oxygen atoms in total. The number of rotatable bonds is 5. The standard InChI is InChI=1S/C18H24N2O4/c1-19-16(22)13-7-6-8-14(11-13)20-15(21)12-18(17(23)24)9-4-2-3-5-10-18/h6-8,11H,2-5,9-10,12H2,1H3,(H,19,22)(H,20,21)(H,23,24). The number of anilines is 1. The number of amides is 2. The van der Waals surface area contributed by atoms with Gasteiger partial charge in [0.25, 0.3) is 5.91 Å². The molecule has 0 aromatic heterocycles. The molecule has 0 heterocycles. The monoisotopic (exact) mass is 332 g/mol. The molecule has 0 unspecified atom stereocenters. The molecule has 0 spiro atoms. The van der Waals surface area contributed by atoms with E-state index in [9.17, 15) is 19.5 Å². The van der Waals surface area contributed by atoms with E-state index in [0.717, 1.165) is 25.7 Å². The predicted octanol–water partition coefficient (Wildman–Crippen LogP) is 2.80. The Labute approximate surface area is 141 Å². The first-order valence-electron chi connectivity index (χ1n) is 8.32. The Bertz CT molecular complexity index is 619. The molecule has 1 aromatic rings. The highest BCUT2D eigenvalue weighted by Gasteiger charge is 2.40. The molecular formula is C18H24N2O4. The Morgan fingerprint density at radius 2 is 1.79 bits per heavy atom. The first-order chi connectivity index (χ1) is 11.5. The Balaban J connectivity index is 2.08. The Hall–Kier alpha value is -2.37. The zero-order valence-electron chi connectivity index (χ0n) is 13.9. The third-order valence-corrected chi connectivity index (χ3v) is 4.65. The van der Waals surface area contributed by atoms with Gasteiger partial charge in [-0.2, -0.15) is 0 Å². The summed E-state index contributed by atoms with van der Waals surface area (Å²) in [6.07, 6.45) is 4.75. The summed E-state index contributed by atoms with van der Waals surface area (Å²) >= 11 is 0. The minimum Gasteiger partial charge on any atom is -0.481 e. The van der Waals surface area contributed by atoms with Gasteiger partial charge in [-0.3, -0.25) is 14.4 Å². The SMILES string of the molecule is CNC(=O)c1cccc(NC(=O)CC2(C(=O)O)CCCCCC2)c1. The van der Waals surface area contributed by atoms with Crippen molar-refractivity contribution in [1.29, 1.82) is 0 Å². The fourth-order valence-electron chi connectivity index (χ4n) is 3.27. The van der Waals surface area contributed by atoms with E-state index >= 15 is 0 Å². The average molecular weight is 332 g/mol. The van der Waals surface area contributed by atoms with Gasteiger partial charge in [0.2, 0.25) is 5.91 Å². The molecule has 130 valence electrons. The second-order valence-corrected chi connectivity index (χ2v) is 6.38. The normalized spacial score (nSPS) is 16.7. The Kier molecular flexibility index (Phi) is 5.95. The lowest BCUT2D eigenvalue weighted by atomic mass is 9.77. The van der Waals surface area contributed by atoms with Gasteiger partial charge >= 0.3 is 5.97 Å². The van der Waals surface area contributed by atoms with E-state index in [1.165, 1.54) is 7.05 Å². The van der Waals surface area contributed by atoms with Crippen LogP contribution in [0.4, 0.5) is 5.69 Å². The quantitative estimate of drug-likeness (QED) is 0.723. The summed E-state index contributed by atoms with van der Waals surface area (Å²) < 4.78 is 0. The number of carbonyl (C=O) groups is 3. The van der Waals surface area contributed by atoms with Crippen LogP contribution in [0.3, 0.4) is 0 Å². The molecule has 1 aliphatic carbocycles. The van der Waals surface area contributed by atoms with Crippen LogP contribution in [-0.4, -0.2) is 29.9 Å². The van der Waals surface area contributed by atoms with Crippen molar-refractivity contribution < 1.29 is 19.5 Å². The van der Waals surface area contributed by atoms with Gasteiger partial charge in [0, 0.05) is 24.7 Å². The fraction of sp³-hybridized carbons (Fsp3) is 0.500. The Morgan fingerprint density at radius 1 is 1.12 bits per heavy atom. The highest BCUT2D eigenvalue weighted by Crippen LogP contribution is 2.38. The molecule has 1 fully saturated rings. The smallest absolute Gasteiger partial charge is 0.310 e. The molecule has 0 radical (unpaired) electrons. The molecule has 0 bridgehead atoms. The number of carbonyl (C=O) groups excluding carboxylic acids is 2. The van der Waals surface area contributed by atoms with Gasteiger partial charge in [-0.1, -0.05) is 31.7 Å². The van der Waals surface area contributed by atoms with Crippen LogP contribution in [0.1, 0.15) is 55.3 Å². The number of hydrogen-bond donors (Lipinski definition) is 3. The lowest BCUT2D eigenvalue weighted by Crippen LogP contribution is -2.35. The second kappa shape index (κ2) is 7.95. The van der Waals surface area contributed by atoms with Crippen molar-refractivity contribution in [2.45, 2.75) is 44.9 Å². The van der Waals surface area contributed by atoms with Gasteiger partial charge in [0.15, 0.2) is 0 Å². The van der Waals surface area contributed by atoms with Gasteiger partial charge in [0.05, 0.1) is 5.41 Å². The molecule has 2 rings (SSSR count). The summed E-state index contributed by atoms with van der Waals surface area (Å²) in [4.78, 5) is 35.8. The number of carboxylic acids is 1. The maximum Gasteiger partial charge on any atom is 0.310 e. The molecule has 1 aliphatic rings. The maximum absolute atomic E-state index is 12.4. The molecular weight excluding hydrogens is 308 g/mol. The summed E-state index contributed by atoms with van der Waals surface area (Å²) in [6, 6.07) is 6.60. The van der Waals surface area contributed by atoms with Crippen molar-refractivity contribution >= 4 is 23.5 Å². The first kappa shape index (κ1) is 18.0. The second-order valence-electron chi connectivity index (χ2n) is 6.38. The van der Waals surface area contributed by atoms with Crippen LogP contribution in [0.2, 0.25) is 0 Å². The van der Waals surface area contributed by atoms with Crippen LogP contribution in [0.15, 0.2) is 24.3 Å². The minimum absolute atomic E-state index is 0.0352. The molecule has 1 saturated carbocycles. The summed E-state index contributed by atoms with van der Waals surface area (Å²) in [7, 11) is 1.54. The molecule has 1 aromatic carbocycles. The molecule has 0 saturated heterocycles. The number of carboxylic acid groups (broad SMARTS) is 1. The Morgan fingerprint density at radius 3 is 2.38 bits per heavy atom. The fourth-order valence-corrected chi connectivity index (χ4v) is 3.27. The van der Waals surface area contributed by atoms with Crippen LogP contribution in [-0.2, 0) is 9.59 Å². The highest BCUT2D eigenvalue weighted by molar-refractivity contribution is 5.98. The molecule has 24 heavy (non-hydrogen) atoms. The van der Waals surface area contributed by atoms with Crippen molar-refractivity contribution in [3.63, 3.8) is 0 Å². The predicted molar refractivity (Wildman–Crippen MR) is 90.8 cm³/mol. The van der Waals surface area contributed by atoms with E-state index < -0.39 is 11.4 Å². The van der Waals surface area contributed by atoms with Crippen molar-refractivity contribution in [3.05, 3.63) is 29.8 Å². The van der Waals surface area contributed by atoms with Gasteiger partial charge in [-0.15, -0.1) is 0 Å². The van der Waals surface area contributed by atoms with Crippen LogP contribution >= 0.6 is 0 Å². The van der Waals surface area contributed by atoms with Crippen LogP contribution in [0.25, 0.3) is 0 Å². The van der Waals surface area contributed by atoms with E-state index in [2.05, 4.69) is 10.6 Å². The van der Waals surface area contributed by atoms with Crippen molar-refractivity contribution in [2.24, 2.45) is 5.41 Å². The summed E-state index contributed by atoms with van der Waals surface area (Å²) in [5.41, 5.74) is -0.0353. The zero-order valence-corrected chi connectivity index (χ0v) is 13.9. The molecule has 6 heteroatoms. The lowest BCUT2D eigenvalue weighted by Gasteiger charge is -2.27. The van der Waals surface area contributed by atoms with Crippen molar-refractivity contribution in [2.75, 3.05) is 12.4 Å². The van der Waals surface area contributed by atoms with E-state index in [1.807, 2.05) is 0 Å². The van der Waals surface area contributed by atoms with Crippen molar-refractivity contribution in [3.8, 4) is 0 Å². The number of nitrogens with one attached hydrogen (secondary N) is 2. The molecule has 2 amide bonds. The van der Waals surface area contributed by atoms with E-state index in [-0.39, 0.29) is 18.2 Å². The van der Waals surface area contributed by atoms with Crippen molar-refractivity contribution in [1.82, 2.24) is 5.32 Å². The topological polar surface area (TPSA) is 95.5 Å². The summed E-state index contributed by atoms with van der Waals surface area (Å²) in [6.45, 7) is 0. The van der Waals surface area contributed by atoms with Gasteiger partial charge < -0.3 is 15.7 Å². The number of benzene rings is 1. The molecule has 0 atom stereocenters. The average Bonchev–Trinajstić information content (AvgIpc) is 2.80. The third-order valence-electron chi connectivity index (χ3n) is 4.65. The van der Waals surface area contributed by atoms with Gasteiger partial charge in [0.1, 0.15) is 0 Å². The maximum atomic E-state index is 12.4. The third kappa shape index (κ3) is 4.34. The lowest BCUT2D eigenvalue weighted by molar-refractivity contribution is -0.152. The van der Waals surface area contributed by atoms with Crippen LogP contribution < -0.4 is 10.6 Å². The number of aliphatic carboxylic acids is 1. The van der Waals surface area contributed by atoms with Gasteiger partial charge in [-0.25, -0.2) is 0 Å². The largest absolute Gasteiger partial charge is 0.481 e. The van der Waals surface area contributed by atoms with E-state index in [1.54, 1.807) is 24.3 Å². The van der Waals surface area contributed by atoms with E-state index in [4.69, 9.17) is 0 Å².